The Morgan fingerprint density at radius 1 is 1.15 bits per heavy atom. The Bertz CT molecular complexity index is 1070. The first-order chi connectivity index (χ1) is 12.5. The Morgan fingerprint density at radius 2 is 1.88 bits per heavy atom. The van der Waals surface area contributed by atoms with Gasteiger partial charge in [-0.25, -0.2) is 4.68 Å². The zero-order valence-corrected chi connectivity index (χ0v) is 14.8. The van der Waals surface area contributed by atoms with Gasteiger partial charge in [0.1, 0.15) is 11.6 Å². The number of fused-ring (bicyclic) bond motifs is 1. The van der Waals surface area contributed by atoms with E-state index in [4.69, 9.17) is 10.5 Å². The van der Waals surface area contributed by atoms with Gasteiger partial charge in [0.15, 0.2) is 0 Å². The quantitative estimate of drug-likeness (QED) is 0.769. The fourth-order valence-corrected chi connectivity index (χ4v) is 3.47. The summed E-state index contributed by atoms with van der Waals surface area (Å²) in [5.41, 5.74) is 10.8. The molecule has 1 aromatic carbocycles. The van der Waals surface area contributed by atoms with E-state index in [1.807, 2.05) is 57.4 Å². The molecule has 1 unspecified atom stereocenters. The smallest absolute Gasteiger partial charge is 0.229 e. The van der Waals surface area contributed by atoms with Crippen molar-refractivity contribution in [2.45, 2.75) is 19.8 Å². The van der Waals surface area contributed by atoms with Gasteiger partial charge in [0.25, 0.3) is 0 Å². The van der Waals surface area contributed by atoms with E-state index >= 15 is 0 Å². The monoisotopic (exact) mass is 346 g/mol. The number of hydrogen-bond donors (Lipinski definition) is 1. The van der Waals surface area contributed by atoms with Crippen LogP contribution in [0, 0.1) is 25.2 Å². The van der Waals surface area contributed by atoms with Gasteiger partial charge < -0.3 is 10.5 Å². The van der Waals surface area contributed by atoms with E-state index in [2.05, 4.69) is 16.3 Å². The first-order valence-electron chi connectivity index (χ1n) is 8.24. The second-order valence-electron chi connectivity index (χ2n) is 6.32. The maximum atomic E-state index is 9.71. The minimum Gasteiger partial charge on any atom is -0.422 e. The van der Waals surface area contributed by atoms with Gasteiger partial charge in [0.05, 0.1) is 28.6 Å². The third kappa shape index (κ3) is 2.27. The SMILES string of the molecule is Cc1nn(C)cc1C1C(C#N)=C(N)Oc2c1c(C)nn2-c1ccccc1. The number of aryl methyl sites for hydroxylation is 3. The van der Waals surface area contributed by atoms with Crippen LogP contribution in [0.4, 0.5) is 0 Å². The number of para-hydroxylation sites is 1. The number of aromatic nitrogens is 4. The zero-order chi connectivity index (χ0) is 18.4. The Kier molecular flexibility index (Phi) is 3.55. The van der Waals surface area contributed by atoms with E-state index in [9.17, 15) is 5.26 Å². The number of hydrogen-bond acceptors (Lipinski definition) is 5. The highest BCUT2D eigenvalue weighted by molar-refractivity contribution is 5.57. The summed E-state index contributed by atoms with van der Waals surface area (Å²) in [6.45, 7) is 3.84. The minimum absolute atomic E-state index is 0.102. The third-order valence-corrected chi connectivity index (χ3v) is 4.60. The molecule has 2 aromatic heterocycles. The molecule has 3 aromatic rings. The van der Waals surface area contributed by atoms with Crippen molar-refractivity contribution >= 4 is 0 Å². The minimum atomic E-state index is -0.352. The van der Waals surface area contributed by atoms with E-state index in [0.29, 0.717) is 11.5 Å². The van der Waals surface area contributed by atoms with Crippen molar-refractivity contribution in [3.05, 3.63) is 70.5 Å². The normalized spacial score (nSPS) is 16.2. The Balaban J connectivity index is 1.99. The molecule has 0 radical (unpaired) electrons. The first kappa shape index (κ1) is 16.0. The first-order valence-corrected chi connectivity index (χ1v) is 8.24. The van der Waals surface area contributed by atoms with Crippen LogP contribution in [0.3, 0.4) is 0 Å². The van der Waals surface area contributed by atoms with Crippen LogP contribution in [-0.4, -0.2) is 19.6 Å². The average molecular weight is 346 g/mol. The fourth-order valence-electron chi connectivity index (χ4n) is 3.47. The molecule has 7 heteroatoms. The Hall–Kier alpha value is -3.53. The molecule has 0 saturated carbocycles. The van der Waals surface area contributed by atoms with Gasteiger partial charge in [-0.15, -0.1) is 0 Å². The van der Waals surface area contributed by atoms with Gasteiger partial charge in [-0.05, 0) is 26.0 Å². The number of rotatable bonds is 2. The summed E-state index contributed by atoms with van der Waals surface area (Å²) in [5, 5.41) is 18.8. The molecule has 4 rings (SSSR count). The van der Waals surface area contributed by atoms with Crippen molar-refractivity contribution in [2.75, 3.05) is 0 Å². The summed E-state index contributed by atoms with van der Waals surface area (Å²) in [6.07, 6.45) is 1.92. The molecular formula is C19H18N6O. The van der Waals surface area contributed by atoms with Crippen LogP contribution < -0.4 is 10.5 Å². The summed E-state index contributed by atoms with van der Waals surface area (Å²) in [6, 6.07) is 11.9. The van der Waals surface area contributed by atoms with Crippen molar-refractivity contribution in [3.8, 4) is 17.6 Å². The predicted octanol–water partition coefficient (Wildman–Crippen LogP) is 2.44. The van der Waals surface area contributed by atoms with Crippen molar-refractivity contribution < 1.29 is 4.74 Å². The lowest BCUT2D eigenvalue weighted by Crippen LogP contribution is -2.22. The maximum absolute atomic E-state index is 9.71. The van der Waals surface area contributed by atoms with Gasteiger partial charge >= 0.3 is 0 Å². The van der Waals surface area contributed by atoms with E-state index in [1.54, 1.807) is 9.36 Å². The van der Waals surface area contributed by atoms with E-state index in [-0.39, 0.29) is 11.8 Å². The van der Waals surface area contributed by atoms with Crippen LogP contribution in [0.2, 0.25) is 0 Å². The molecule has 0 fully saturated rings. The molecule has 2 N–H and O–H groups in total. The molecule has 3 heterocycles. The number of ether oxygens (including phenoxy) is 1. The van der Waals surface area contributed by atoms with Crippen LogP contribution in [-0.2, 0) is 7.05 Å². The molecule has 130 valence electrons. The van der Waals surface area contributed by atoms with Crippen molar-refractivity contribution in [2.24, 2.45) is 12.8 Å². The van der Waals surface area contributed by atoms with E-state index in [1.165, 1.54) is 0 Å². The van der Waals surface area contributed by atoms with Crippen LogP contribution in [0.5, 0.6) is 5.88 Å². The lowest BCUT2D eigenvalue weighted by molar-refractivity contribution is 0.367. The molecule has 1 aliphatic rings. The molecule has 0 saturated heterocycles. The zero-order valence-electron chi connectivity index (χ0n) is 14.8. The topological polar surface area (TPSA) is 94.7 Å². The molecule has 0 bridgehead atoms. The molecule has 1 aliphatic heterocycles. The number of nitriles is 1. The van der Waals surface area contributed by atoms with Crippen LogP contribution in [0.1, 0.15) is 28.4 Å². The Labute approximate surface area is 150 Å². The molecule has 7 nitrogen and oxygen atoms in total. The van der Waals surface area contributed by atoms with E-state index in [0.717, 1.165) is 28.2 Å². The van der Waals surface area contributed by atoms with Crippen molar-refractivity contribution in [3.63, 3.8) is 0 Å². The van der Waals surface area contributed by atoms with Gasteiger partial charge in [-0.2, -0.15) is 15.5 Å². The number of allylic oxidation sites excluding steroid dienone is 1. The maximum Gasteiger partial charge on any atom is 0.229 e. The van der Waals surface area contributed by atoms with Crippen molar-refractivity contribution in [1.29, 1.82) is 5.26 Å². The molecular weight excluding hydrogens is 328 g/mol. The largest absolute Gasteiger partial charge is 0.422 e. The van der Waals surface area contributed by atoms with Crippen molar-refractivity contribution in [1.82, 2.24) is 19.6 Å². The summed E-state index contributed by atoms with van der Waals surface area (Å²) in [4.78, 5) is 0. The van der Waals surface area contributed by atoms with Crippen LogP contribution >= 0.6 is 0 Å². The van der Waals surface area contributed by atoms with Gasteiger partial charge in [-0.3, -0.25) is 4.68 Å². The average Bonchev–Trinajstić information content (AvgIpc) is 3.13. The summed E-state index contributed by atoms with van der Waals surface area (Å²) >= 11 is 0. The highest BCUT2D eigenvalue weighted by Gasteiger charge is 2.37. The molecule has 1 atom stereocenters. The van der Waals surface area contributed by atoms with Crippen LogP contribution in [0.15, 0.2) is 48.0 Å². The number of nitrogens with zero attached hydrogens (tertiary/aromatic N) is 5. The highest BCUT2D eigenvalue weighted by Crippen LogP contribution is 2.45. The third-order valence-electron chi connectivity index (χ3n) is 4.60. The second kappa shape index (κ2) is 5.77. The molecule has 0 spiro atoms. The molecule has 26 heavy (non-hydrogen) atoms. The molecule has 0 aliphatic carbocycles. The predicted molar refractivity (Wildman–Crippen MR) is 95.5 cm³/mol. The number of nitrogens with two attached hydrogens (primary N) is 1. The standard InChI is InChI=1S/C19H18N6O/c1-11-15(10-24(3)22-11)17-14(9-20)18(21)26-19-16(17)12(2)23-25(19)13-7-5-4-6-8-13/h4-8,10,17H,21H2,1-3H3. The highest BCUT2D eigenvalue weighted by atomic mass is 16.5. The second-order valence-corrected chi connectivity index (χ2v) is 6.32. The fraction of sp³-hybridized carbons (Fsp3) is 0.211. The lowest BCUT2D eigenvalue weighted by atomic mass is 9.84. The Morgan fingerprint density at radius 3 is 2.50 bits per heavy atom. The molecule has 0 amide bonds. The van der Waals surface area contributed by atoms with Gasteiger partial charge in [-0.1, -0.05) is 18.2 Å². The summed E-state index contributed by atoms with van der Waals surface area (Å²) < 4.78 is 9.31. The van der Waals surface area contributed by atoms with Gasteiger partial charge in [0.2, 0.25) is 11.8 Å². The van der Waals surface area contributed by atoms with Crippen LogP contribution in [0.25, 0.3) is 5.69 Å². The summed E-state index contributed by atoms with van der Waals surface area (Å²) in [5.74, 6) is 0.290. The lowest BCUT2D eigenvalue weighted by Gasteiger charge is -2.24. The van der Waals surface area contributed by atoms with E-state index < -0.39 is 0 Å². The number of benzene rings is 1. The summed E-state index contributed by atoms with van der Waals surface area (Å²) in [7, 11) is 1.86. The van der Waals surface area contributed by atoms with Gasteiger partial charge in [0, 0.05) is 18.8 Å².